The van der Waals surface area contributed by atoms with Crippen LogP contribution in [0.15, 0.2) is 62.5 Å². The minimum Gasteiger partial charge on any atom is -0.477 e. The zero-order valence-electron chi connectivity index (χ0n) is 16.3. The monoisotopic (exact) mass is 564 g/mol. The van der Waals surface area contributed by atoms with Crippen LogP contribution < -0.4 is 5.73 Å². The average molecular weight is 567 g/mol. The van der Waals surface area contributed by atoms with Gasteiger partial charge in [0.15, 0.2) is 0 Å². The van der Waals surface area contributed by atoms with E-state index in [-0.39, 0.29) is 18.1 Å². The van der Waals surface area contributed by atoms with E-state index in [0.717, 1.165) is 21.4 Å². The van der Waals surface area contributed by atoms with Crippen molar-refractivity contribution in [2.45, 2.75) is 26.9 Å². The highest BCUT2D eigenvalue weighted by Gasteiger charge is 2.00. The number of aliphatic carboxylic acids is 2. The van der Waals surface area contributed by atoms with Crippen molar-refractivity contribution in [3.05, 3.63) is 68.6 Å². The third-order valence-corrected chi connectivity index (χ3v) is 4.23. The lowest BCUT2D eigenvalue weighted by Crippen LogP contribution is -2.08. The molecular weight excluding hydrogens is 543 g/mol. The van der Waals surface area contributed by atoms with Gasteiger partial charge in [0.1, 0.15) is 5.71 Å². The second-order valence-corrected chi connectivity index (χ2v) is 7.36. The fourth-order valence-corrected chi connectivity index (χ4v) is 2.02. The Morgan fingerprint density at radius 1 is 0.833 bits per heavy atom. The lowest BCUT2D eigenvalue weighted by molar-refractivity contribution is -0.148. The van der Waals surface area contributed by atoms with E-state index >= 15 is 0 Å². The number of aliphatic imine (C=N–C) groups is 1. The first-order valence-corrected chi connectivity index (χ1v) is 9.82. The van der Waals surface area contributed by atoms with Gasteiger partial charge in [-0.25, -0.2) is 9.59 Å². The van der Waals surface area contributed by atoms with Crippen LogP contribution in [0.2, 0.25) is 0 Å². The zero-order valence-corrected chi connectivity index (χ0v) is 20.3. The fraction of sp³-hybridized carbons (Fsp3) is 0.200. The van der Waals surface area contributed by atoms with Crippen molar-refractivity contribution in [1.82, 2.24) is 0 Å². The Morgan fingerprint density at radius 2 is 1.20 bits per heavy atom. The molecule has 0 saturated heterocycles. The number of nitrogens with two attached hydrogens (primary N) is 1. The number of hydrogen-bond acceptors (Lipinski definition) is 5. The van der Waals surface area contributed by atoms with E-state index in [1.165, 1.54) is 12.5 Å². The summed E-state index contributed by atoms with van der Waals surface area (Å²) in [7, 11) is 0. The molecule has 7 nitrogen and oxygen atoms in total. The molecule has 0 aromatic heterocycles. The normalized spacial score (nSPS) is 9.70. The number of carboxylic acid groups (broad SMARTS) is 2. The van der Waals surface area contributed by atoms with Crippen LogP contribution in [0.3, 0.4) is 0 Å². The van der Waals surface area contributed by atoms with E-state index in [9.17, 15) is 14.4 Å². The molecule has 0 saturated carbocycles. The Balaban J connectivity index is 0. The van der Waals surface area contributed by atoms with Crippen LogP contribution >= 0.6 is 44.3 Å². The third kappa shape index (κ3) is 14.9. The predicted molar refractivity (Wildman–Crippen MR) is 126 cm³/mol. The van der Waals surface area contributed by atoms with Gasteiger partial charge in [0.2, 0.25) is 5.78 Å². The molecule has 0 unspecified atom stereocenters. The van der Waals surface area contributed by atoms with E-state index in [4.69, 9.17) is 15.9 Å². The van der Waals surface area contributed by atoms with Gasteiger partial charge in [0, 0.05) is 22.4 Å². The highest BCUT2D eigenvalue weighted by atomic mass is 79.9. The summed E-state index contributed by atoms with van der Waals surface area (Å²) in [6.45, 7) is 3.52. The van der Waals surface area contributed by atoms with Crippen molar-refractivity contribution in [2.24, 2.45) is 10.7 Å². The molecule has 10 heteroatoms. The minimum atomic E-state index is -1.38. The lowest BCUT2D eigenvalue weighted by atomic mass is 10.2. The molecule has 0 atom stereocenters. The molecule has 4 N–H and O–H groups in total. The lowest BCUT2D eigenvalue weighted by Gasteiger charge is -1.97. The van der Waals surface area contributed by atoms with E-state index in [1.54, 1.807) is 0 Å². The van der Waals surface area contributed by atoms with Crippen molar-refractivity contribution in [3.63, 3.8) is 0 Å². The molecule has 30 heavy (non-hydrogen) atoms. The highest BCUT2D eigenvalue weighted by Crippen LogP contribution is 2.11. The van der Waals surface area contributed by atoms with E-state index in [0.29, 0.717) is 13.1 Å². The summed E-state index contributed by atoms with van der Waals surface area (Å²) in [5.41, 5.74) is 7.68. The van der Waals surface area contributed by atoms with Gasteiger partial charge in [-0.1, -0.05) is 56.1 Å². The van der Waals surface area contributed by atoms with Crippen molar-refractivity contribution in [2.75, 3.05) is 0 Å². The molecule has 2 aromatic carbocycles. The summed E-state index contributed by atoms with van der Waals surface area (Å²) >= 11 is 6.65. The molecule has 2 aromatic rings. The van der Waals surface area contributed by atoms with Gasteiger partial charge in [-0.3, -0.25) is 9.79 Å². The number of halogens is 3. The van der Waals surface area contributed by atoms with Crippen LogP contribution in [-0.4, -0.2) is 33.6 Å². The van der Waals surface area contributed by atoms with Crippen molar-refractivity contribution >= 4 is 67.7 Å². The van der Waals surface area contributed by atoms with Crippen LogP contribution in [0.5, 0.6) is 0 Å². The van der Waals surface area contributed by atoms with Gasteiger partial charge in [-0.15, -0.1) is 12.4 Å². The van der Waals surface area contributed by atoms with Crippen molar-refractivity contribution in [1.29, 1.82) is 0 Å². The molecule has 0 radical (unpaired) electrons. The number of hydrogen-bond donors (Lipinski definition) is 3. The second-order valence-electron chi connectivity index (χ2n) is 5.53. The Bertz CT molecular complexity index is 829. The summed E-state index contributed by atoms with van der Waals surface area (Å²) < 4.78 is 2.10. The van der Waals surface area contributed by atoms with E-state index < -0.39 is 17.7 Å². The maximum atomic E-state index is 10.4. The predicted octanol–water partition coefficient (Wildman–Crippen LogP) is 4.48. The number of carbonyl (C=O) groups is 3. The largest absolute Gasteiger partial charge is 0.477 e. The van der Waals surface area contributed by atoms with Gasteiger partial charge >= 0.3 is 11.9 Å². The summed E-state index contributed by atoms with van der Waals surface area (Å²) in [6, 6.07) is 15.6. The molecule has 0 aliphatic heterocycles. The standard InChI is InChI=1S/C10H10BrNO2.C7H8BrN.C3H4O3.ClH/c1-7(10(13)14)12-6-8-2-4-9(11)5-3-8;8-7-3-1-6(5-9)2-4-7;1-2(4)3(5)6;/h2-5H,6H2,1H3,(H,13,14);1-4H,5,9H2;1H3,(H,5,6);1H. The Kier molecular flexibility index (Phi) is 16.8. The van der Waals surface area contributed by atoms with Crippen LogP contribution in [0.4, 0.5) is 0 Å². The minimum absolute atomic E-state index is 0. The quantitative estimate of drug-likeness (QED) is 0.361. The maximum absolute atomic E-state index is 10.4. The summed E-state index contributed by atoms with van der Waals surface area (Å²) in [5.74, 6) is -3.17. The van der Waals surface area contributed by atoms with E-state index in [2.05, 4.69) is 36.9 Å². The van der Waals surface area contributed by atoms with Crippen LogP contribution in [0.1, 0.15) is 25.0 Å². The molecule has 0 spiro atoms. The molecule has 0 aliphatic rings. The first kappa shape index (κ1) is 30.1. The van der Waals surface area contributed by atoms with E-state index in [1.807, 2.05) is 48.5 Å². The Hall–Kier alpha value is -2.07. The summed E-state index contributed by atoms with van der Waals surface area (Å²) in [4.78, 5) is 33.3. The van der Waals surface area contributed by atoms with Gasteiger partial charge in [-0.05, 0) is 42.3 Å². The van der Waals surface area contributed by atoms with Gasteiger partial charge < -0.3 is 15.9 Å². The Labute approximate surface area is 198 Å². The molecule has 2 rings (SSSR count). The molecule has 0 aliphatic carbocycles. The summed E-state index contributed by atoms with van der Waals surface area (Å²) in [6.07, 6.45) is 0. The average Bonchev–Trinajstić information content (AvgIpc) is 2.68. The zero-order chi connectivity index (χ0) is 22.4. The number of carboxylic acids is 2. The molecule has 0 amide bonds. The van der Waals surface area contributed by atoms with Crippen LogP contribution in [-0.2, 0) is 27.5 Å². The summed E-state index contributed by atoms with van der Waals surface area (Å²) in [5, 5.41) is 16.2. The number of rotatable bonds is 5. The first-order valence-electron chi connectivity index (χ1n) is 8.24. The number of Topliss-reactive ketones (excluding diaryl/α,β-unsaturated/α-hetero) is 1. The van der Waals surface area contributed by atoms with Crippen molar-refractivity contribution in [3.8, 4) is 0 Å². The molecular formula is C20H23Br2ClN2O5. The van der Waals surface area contributed by atoms with Crippen LogP contribution in [0, 0.1) is 0 Å². The highest BCUT2D eigenvalue weighted by molar-refractivity contribution is 9.10. The molecule has 0 heterocycles. The van der Waals surface area contributed by atoms with Gasteiger partial charge in [0.05, 0.1) is 6.54 Å². The van der Waals surface area contributed by atoms with Gasteiger partial charge in [-0.2, -0.15) is 0 Å². The van der Waals surface area contributed by atoms with Crippen LogP contribution in [0.25, 0.3) is 0 Å². The number of ketones is 1. The SMILES string of the molecule is CC(=NCc1ccc(Br)cc1)C(=O)O.CC(=O)C(=O)O.Cl.NCc1ccc(Br)cc1. The number of nitrogens with zero attached hydrogens (tertiary/aromatic N) is 1. The topological polar surface area (TPSA) is 130 Å². The van der Waals surface area contributed by atoms with Gasteiger partial charge in [0.25, 0.3) is 0 Å². The molecule has 164 valence electrons. The molecule has 0 bridgehead atoms. The smallest absolute Gasteiger partial charge is 0.371 e. The fourth-order valence-electron chi connectivity index (χ4n) is 1.49. The molecule has 0 fully saturated rings. The number of carbonyl (C=O) groups excluding carboxylic acids is 1. The van der Waals surface area contributed by atoms with Crippen molar-refractivity contribution < 1.29 is 24.6 Å². The third-order valence-electron chi connectivity index (χ3n) is 3.17. The first-order chi connectivity index (χ1) is 13.6. The maximum Gasteiger partial charge on any atom is 0.371 e. The Morgan fingerprint density at radius 3 is 1.50 bits per heavy atom. The number of benzene rings is 2. The second kappa shape index (κ2) is 16.7.